The summed E-state index contributed by atoms with van der Waals surface area (Å²) in [5, 5.41) is 3.30. The van der Waals surface area contributed by atoms with Gasteiger partial charge in [-0.15, -0.1) is 0 Å². The van der Waals surface area contributed by atoms with E-state index in [1.54, 1.807) is 6.33 Å². The van der Waals surface area contributed by atoms with Crippen LogP contribution in [-0.4, -0.2) is 29.9 Å². The summed E-state index contributed by atoms with van der Waals surface area (Å²) in [5.41, 5.74) is 10.3. The lowest BCUT2D eigenvalue weighted by molar-refractivity contribution is 0.799. The van der Waals surface area contributed by atoms with Crippen molar-refractivity contribution in [3.8, 4) is 22.4 Å². The average Bonchev–Trinajstić information content (AvgIpc) is 3.53. The van der Waals surface area contributed by atoms with Crippen molar-refractivity contribution in [2.45, 2.75) is 46.0 Å². The number of aryl methyl sites for hydroxylation is 3. The van der Waals surface area contributed by atoms with E-state index in [0.29, 0.717) is 5.92 Å². The molecule has 6 heteroatoms. The van der Waals surface area contributed by atoms with Crippen molar-refractivity contribution >= 4 is 32.7 Å². The number of fused-ring (bicyclic) bond motifs is 9. The van der Waals surface area contributed by atoms with Crippen molar-refractivity contribution in [1.29, 1.82) is 0 Å². The van der Waals surface area contributed by atoms with Crippen molar-refractivity contribution in [1.82, 2.24) is 29.9 Å². The number of aromatic amines is 2. The standard InChI is InChI=1S/C29H26N6/c1-4-24-32-23-10-7-18-11-16(5-8-19(18)25(23)33-24)17-6-9-20-21(12-17)22-13-30-14-31-26(22)28-27(20)34-29(35-28)15(2)3/h5-6,8-9,11-15H,4,7,10H2,1-3H3,(H,32,33)(H,34,35). The smallest absolute Gasteiger partial charge is 0.116 e. The Labute approximate surface area is 202 Å². The van der Waals surface area contributed by atoms with Gasteiger partial charge in [0.2, 0.25) is 0 Å². The molecular formula is C29H26N6. The molecule has 1 aliphatic carbocycles. The maximum absolute atomic E-state index is 4.96. The molecule has 6 aromatic rings. The Morgan fingerprint density at radius 2 is 1.74 bits per heavy atom. The lowest BCUT2D eigenvalue weighted by Gasteiger charge is -2.17. The Hall–Kier alpha value is -4.06. The molecule has 0 saturated heterocycles. The van der Waals surface area contributed by atoms with E-state index >= 15 is 0 Å². The zero-order chi connectivity index (χ0) is 23.7. The second-order valence-corrected chi connectivity index (χ2v) is 9.78. The van der Waals surface area contributed by atoms with E-state index in [-0.39, 0.29) is 0 Å². The van der Waals surface area contributed by atoms with Gasteiger partial charge in [-0.1, -0.05) is 51.1 Å². The van der Waals surface area contributed by atoms with E-state index in [1.165, 1.54) is 27.9 Å². The third-order valence-corrected chi connectivity index (χ3v) is 7.28. The van der Waals surface area contributed by atoms with Gasteiger partial charge in [-0.05, 0) is 41.0 Å². The minimum Gasteiger partial charge on any atom is -0.345 e. The normalized spacial score (nSPS) is 13.1. The fourth-order valence-electron chi connectivity index (χ4n) is 5.42. The topological polar surface area (TPSA) is 83.1 Å². The van der Waals surface area contributed by atoms with Gasteiger partial charge in [0.15, 0.2) is 0 Å². The Balaban J connectivity index is 1.42. The molecule has 0 aliphatic heterocycles. The van der Waals surface area contributed by atoms with Gasteiger partial charge in [0.1, 0.15) is 18.0 Å². The Morgan fingerprint density at radius 3 is 2.60 bits per heavy atom. The number of rotatable bonds is 3. The largest absolute Gasteiger partial charge is 0.345 e. The fourth-order valence-corrected chi connectivity index (χ4v) is 5.42. The molecule has 0 amide bonds. The molecule has 2 N–H and O–H groups in total. The molecule has 3 aromatic heterocycles. The van der Waals surface area contributed by atoms with Crippen molar-refractivity contribution in [3.63, 3.8) is 0 Å². The van der Waals surface area contributed by atoms with Crippen LogP contribution in [0.2, 0.25) is 0 Å². The van der Waals surface area contributed by atoms with E-state index in [0.717, 1.165) is 69.3 Å². The van der Waals surface area contributed by atoms with E-state index in [4.69, 9.17) is 9.97 Å². The minimum absolute atomic E-state index is 0.313. The maximum Gasteiger partial charge on any atom is 0.116 e. The van der Waals surface area contributed by atoms with Gasteiger partial charge in [0, 0.05) is 40.6 Å². The van der Waals surface area contributed by atoms with Crippen molar-refractivity contribution in [3.05, 3.63) is 71.8 Å². The number of aromatic nitrogens is 6. The summed E-state index contributed by atoms with van der Waals surface area (Å²) in [4.78, 5) is 25.8. The zero-order valence-electron chi connectivity index (χ0n) is 20.1. The molecule has 0 fully saturated rings. The molecule has 172 valence electrons. The zero-order valence-corrected chi connectivity index (χ0v) is 20.1. The number of benzene rings is 3. The molecular weight excluding hydrogens is 432 g/mol. The van der Waals surface area contributed by atoms with Crippen LogP contribution in [0.3, 0.4) is 0 Å². The highest BCUT2D eigenvalue weighted by Crippen LogP contribution is 2.38. The summed E-state index contributed by atoms with van der Waals surface area (Å²) in [6, 6.07) is 13.5. The number of nitrogens with one attached hydrogen (secondary N) is 2. The molecule has 0 bridgehead atoms. The quantitative estimate of drug-likeness (QED) is 0.297. The van der Waals surface area contributed by atoms with Crippen LogP contribution < -0.4 is 0 Å². The third-order valence-electron chi connectivity index (χ3n) is 7.28. The van der Waals surface area contributed by atoms with Crippen LogP contribution in [0.25, 0.3) is 55.1 Å². The molecule has 3 heterocycles. The first-order valence-electron chi connectivity index (χ1n) is 12.4. The maximum atomic E-state index is 4.96. The van der Waals surface area contributed by atoms with Gasteiger partial charge in [-0.25, -0.2) is 19.9 Å². The first kappa shape index (κ1) is 20.3. The monoisotopic (exact) mass is 458 g/mol. The summed E-state index contributed by atoms with van der Waals surface area (Å²) in [7, 11) is 0. The van der Waals surface area contributed by atoms with E-state index in [9.17, 15) is 0 Å². The summed E-state index contributed by atoms with van der Waals surface area (Å²) in [6.07, 6.45) is 6.49. The second kappa shape index (κ2) is 7.47. The van der Waals surface area contributed by atoms with Crippen LogP contribution in [0.15, 0.2) is 48.9 Å². The summed E-state index contributed by atoms with van der Waals surface area (Å²) in [5.74, 6) is 2.36. The van der Waals surface area contributed by atoms with Gasteiger partial charge in [0.25, 0.3) is 0 Å². The van der Waals surface area contributed by atoms with E-state index < -0.39 is 0 Å². The number of hydrogen-bond donors (Lipinski definition) is 2. The van der Waals surface area contributed by atoms with Gasteiger partial charge in [-0.3, -0.25) is 0 Å². The Kier molecular flexibility index (Phi) is 4.34. The lowest BCUT2D eigenvalue weighted by atomic mass is 9.89. The van der Waals surface area contributed by atoms with E-state index in [1.807, 2.05) is 6.20 Å². The second-order valence-electron chi connectivity index (χ2n) is 9.78. The molecule has 0 atom stereocenters. The molecule has 35 heavy (non-hydrogen) atoms. The Morgan fingerprint density at radius 1 is 0.886 bits per heavy atom. The van der Waals surface area contributed by atoms with Gasteiger partial charge in [0.05, 0.1) is 22.2 Å². The van der Waals surface area contributed by atoms with Gasteiger partial charge in [-0.2, -0.15) is 0 Å². The predicted octanol–water partition coefficient (Wildman–Crippen LogP) is 6.50. The summed E-state index contributed by atoms with van der Waals surface area (Å²) in [6.45, 7) is 6.45. The molecule has 1 aliphatic rings. The minimum atomic E-state index is 0.313. The number of hydrogen-bond acceptors (Lipinski definition) is 4. The van der Waals surface area contributed by atoms with Crippen molar-refractivity contribution < 1.29 is 0 Å². The molecule has 0 saturated carbocycles. The number of nitrogens with zero attached hydrogens (tertiary/aromatic N) is 4. The number of imidazole rings is 2. The first-order chi connectivity index (χ1) is 17.1. The highest BCUT2D eigenvalue weighted by Gasteiger charge is 2.21. The lowest BCUT2D eigenvalue weighted by Crippen LogP contribution is -2.03. The van der Waals surface area contributed by atoms with Crippen LogP contribution in [-0.2, 0) is 19.3 Å². The molecule has 0 radical (unpaired) electrons. The van der Waals surface area contributed by atoms with E-state index in [2.05, 4.69) is 77.1 Å². The highest BCUT2D eigenvalue weighted by molar-refractivity contribution is 6.22. The average molecular weight is 459 g/mol. The predicted molar refractivity (Wildman–Crippen MR) is 141 cm³/mol. The summed E-state index contributed by atoms with van der Waals surface area (Å²) < 4.78 is 0. The number of H-pyrrole nitrogens is 2. The molecule has 3 aromatic carbocycles. The Bertz CT molecular complexity index is 1770. The van der Waals surface area contributed by atoms with Crippen LogP contribution >= 0.6 is 0 Å². The van der Waals surface area contributed by atoms with Crippen LogP contribution in [0.4, 0.5) is 0 Å². The molecule has 7 rings (SSSR count). The molecule has 0 spiro atoms. The van der Waals surface area contributed by atoms with Gasteiger partial charge < -0.3 is 9.97 Å². The first-order valence-corrected chi connectivity index (χ1v) is 12.4. The van der Waals surface area contributed by atoms with Crippen LogP contribution in [0, 0.1) is 0 Å². The van der Waals surface area contributed by atoms with Crippen LogP contribution in [0.1, 0.15) is 49.6 Å². The van der Waals surface area contributed by atoms with Gasteiger partial charge >= 0.3 is 0 Å². The SMILES string of the molecule is CCc1nc2c([nH]1)CCc1cc(-c3ccc4c(c3)c3cncnc3c3[nH]c(C(C)C)nc43)ccc1-2. The molecule has 6 nitrogen and oxygen atoms in total. The van der Waals surface area contributed by atoms with Crippen molar-refractivity contribution in [2.24, 2.45) is 0 Å². The fraction of sp³-hybridized carbons (Fsp3) is 0.241. The van der Waals surface area contributed by atoms with Crippen molar-refractivity contribution in [2.75, 3.05) is 0 Å². The highest BCUT2D eigenvalue weighted by atomic mass is 14.9. The third kappa shape index (κ3) is 3.02. The summed E-state index contributed by atoms with van der Waals surface area (Å²) >= 11 is 0. The van der Waals surface area contributed by atoms with Crippen LogP contribution in [0.5, 0.6) is 0 Å². The molecule has 0 unspecified atom stereocenters.